The van der Waals surface area contributed by atoms with Crippen molar-refractivity contribution in [3.8, 4) is 0 Å². The molecule has 1 saturated carbocycles. The number of nitrogens with one attached hydrogen (secondary N) is 2. The van der Waals surface area contributed by atoms with Crippen LogP contribution in [0, 0.1) is 12.3 Å². The summed E-state index contributed by atoms with van der Waals surface area (Å²) in [5.41, 5.74) is 4.69. The second-order valence-electron chi connectivity index (χ2n) is 5.63. The summed E-state index contributed by atoms with van der Waals surface area (Å²) in [5.74, 6) is 0.550. The topological polar surface area (TPSA) is 114 Å². The Hall–Kier alpha value is -1.41. The number of hydrogen-bond donors (Lipinski definition) is 3. The maximum atomic E-state index is 12.5. The maximum Gasteiger partial charge on any atom is 0.260 e. The normalized spacial score (nSPS) is 18.0. The zero-order valence-corrected chi connectivity index (χ0v) is 13.3. The quantitative estimate of drug-likeness (QED) is 0.539. The first-order valence-electron chi connectivity index (χ1n) is 7.23. The molecule has 1 aromatic rings. The largest absolute Gasteiger partial charge is 0.386 e. The average molecular weight is 313 g/mol. The Bertz CT molecular complexity index is 629. The van der Waals surface area contributed by atoms with E-state index in [9.17, 15) is 8.42 Å². The Morgan fingerprint density at radius 2 is 2.14 bits per heavy atom. The maximum absolute atomic E-state index is 12.5. The van der Waals surface area contributed by atoms with Gasteiger partial charge in [-0.05, 0) is 26.2 Å². The molecule has 0 amide bonds. The van der Waals surface area contributed by atoms with E-state index in [2.05, 4.69) is 9.71 Å². The highest BCUT2D eigenvalue weighted by Crippen LogP contribution is 2.31. The molecule has 4 N–H and O–H groups in total. The van der Waals surface area contributed by atoms with Crippen molar-refractivity contribution in [2.24, 2.45) is 5.73 Å². The monoisotopic (exact) mass is 313 g/mol. The molecule has 0 radical (unpaired) electrons. The molecule has 0 bridgehead atoms. The Balaban J connectivity index is 2.29. The molecule has 2 rings (SSSR count). The van der Waals surface area contributed by atoms with Gasteiger partial charge in [-0.2, -0.15) is 4.72 Å². The van der Waals surface area contributed by atoms with Gasteiger partial charge in [-0.3, -0.25) is 5.41 Å². The first kappa shape index (κ1) is 16.0. The summed E-state index contributed by atoms with van der Waals surface area (Å²) < 4.78 is 29.5. The van der Waals surface area contributed by atoms with Gasteiger partial charge in [-0.25, -0.2) is 13.4 Å². The number of sulfonamides is 1. The molecule has 0 spiro atoms. The number of aromatic nitrogens is 2. The minimum absolute atomic E-state index is 0.000903. The van der Waals surface area contributed by atoms with E-state index >= 15 is 0 Å². The lowest BCUT2D eigenvalue weighted by Gasteiger charge is -2.27. The van der Waals surface area contributed by atoms with Crippen molar-refractivity contribution < 1.29 is 8.42 Å². The van der Waals surface area contributed by atoms with Crippen LogP contribution in [-0.2, 0) is 16.6 Å². The van der Waals surface area contributed by atoms with Gasteiger partial charge in [0, 0.05) is 12.7 Å². The molecule has 1 aliphatic rings. The summed E-state index contributed by atoms with van der Waals surface area (Å²) in [7, 11) is -3.77. The molecule has 0 saturated heterocycles. The number of rotatable bonds is 6. The fourth-order valence-corrected chi connectivity index (χ4v) is 4.24. The Morgan fingerprint density at radius 3 is 2.67 bits per heavy atom. The first-order chi connectivity index (χ1) is 9.81. The van der Waals surface area contributed by atoms with E-state index in [0.29, 0.717) is 18.7 Å². The Morgan fingerprint density at radius 1 is 1.52 bits per heavy atom. The van der Waals surface area contributed by atoms with Gasteiger partial charge in [0.05, 0.1) is 5.54 Å². The lowest BCUT2D eigenvalue weighted by molar-refractivity contribution is 0.494. The smallest absolute Gasteiger partial charge is 0.260 e. The van der Waals surface area contributed by atoms with E-state index in [4.69, 9.17) is 11.1 Å². The molecule has 1 heterocycles. The number of hydrogen-bond acceptors (Lipinski definition) is 4. The molecule has 7 nitrogen and oxygen atoms in total. The van der Waals surface area contributed by atoms with E-state index in [0.717, 1.165) is 25.8 Å². The molecule has 0 aromatic carbocycles. The van der Waals surface area contributed by atoms with E-state index in [1.54, 1.807) is 13.1 Å². The van der Waals surface area contributed by atoms with Gasteiger partial charge in [-0.15, -0.1) is 0 Å². The van der Waals surface area contributed by atoms with E-state index < -0.39 is 15.6 Å². The molecule has 118 valence electrons. The lowest BCUT2D eigenvalue weighted by Crippen LogP contribution is -2.55. The second kappa shape index (κ2) is 5.76. The highest BCUT2D eigenvalue weighted by molar-refractivity contribution is 7.89. The summed E-state index contributed by atoms with van der Waals surface area (Å²) in [6, 6.07) is 0. The van der Waals surface area contributed by atoms with Gasteiger partial charge in [0.25, 0.3) is 10.0 Å². The summed E-state index contributed by atoms with van der Waals surface area (Å²) >= 11 is 0. The van der Waals surface area contributed by atoms with Gasteiger partial charge in [-0.1, -0.05) is 19.8 Å². The predicted octanol–water partition coefficient (Wildman–Crippen LogP) is 1.13. The molecule has 1 fully saturated rings. The van der Waals surface area contributed by atoms with E-state index in [-0.39, 0.29) is 10.9 Å². The molecule has 8 heteroatoms. The first-order valence-corrected chi connectivity index (χ1v) is 8.71. The predicted molar refractivity (Wildman–Crippen MR) is 80.7 cm³/mol. The van der Waals surface area contributed by atoms with Crippen LogP contribution in [0.25, 0.3) is 0 Å². The van der Waals surface area contributed by atoms with Crippen molar-refractivity contribution in [3.05, 3.63) is 12.0 Å². The van der Waals surface area contributed by atoms with Crippen LogP contribution in [0.15, 0.2) is 11.2 Å². The Labute approximate surface area is 125 Å². The zero-order chi connectivity index (χ0) is 15.7. The van der Waals surface area contributed by atoms with Crippen LogP contribution in [0.4, 0.5) is 0 Å². The summed E-state index contributed by atoms with van der Waals surface area (Å²) in [5, 5.41) is 7.72. The fourth-order valence-electron chi connectivity index (χ4n) is 2.79. The van der Waals surface area contributed by atoms with Crippen molar-refractivity contribution in [1.29, 1.82) is 5.41 Å². The third-order valence-corrected chi connectivity index (χ3v) is 5.40. The van der Waals surface area contributed by atoms with Crippen molar-refractivity contribution in [2.75, 3.05) is 0 Å². The van der Waals surface area contributed by atoms with Crippen LogP contribution in [-0.4, -0.2) is 29.3 Å². The number of aryl methyl sites for hydroxylation is 2. The molecule has 21 heavy (non-hydrogen) atoms. The Kier molecular flexibility index (Phi) is 4.38. The molecule has 0 unspecified atom stereocenters. The molecule has 0 aliphatic heterocycles. The van der Waals surface area contributed by atoms with Crippen LogP contribution >= 0.6 is 0 Å². The summed E-state index contributed by atoms with van der Waals surface area (Å²) in [6.07, 6.45) is 5.31. The molecular weight excluding hydrogens is 290 g/mol. The van der Waals surface area contributed by atoms with Crippen LogP contribution < -0.4 is 10.5 Å². The van der Waals surface area contributed by atoms with Gasteiger partial charge in [0.2, 0.25) is 0 Å². The van der Waals surface area contributed by atoms with Crippen LogP contribution in [0.1, 0.15) is 44.9 Å². The van der Waals surface area contributed by atoms with Crippen LogP contribution in [0.3, 0.4) is 0 Å². The third-order valence-electron chi connectivity index (χ3n) is 4.00. The van der Waals surface area contributed by atoms with Crippen LogP contribution in [0.5, 0.6) is 0 Å². The van der Waals surface area contributed by atoms with Crippen molar-refractivity contribution in [1.82, 2.24) is 14.3 Å². The highest BCUT2D eigenvalue weighted by atomic mass is 32.2. The minimum Gasteiger partial charge on any atom is -0.386 e. The van der Waals surface area contributed by atoms with Gasteiger partial charge in [0.1, 0.15) is 11.7 Å². The number of nitrogens with two attached hydrogens (primary N) is 1. The number of amidine groups is 1. The molecular formula is C13H23N5O2S. The van der Waals surface area contributed by atoms with Gasteiger partial charge < -0.3 is 10.3 Å². The van der Waals surface area contributed by atoms with Crippen molar-refractivity contribution in [2.45, 2.75) is 63.1 Å². The summed E-state index contributed by atoms with van der Waals surface area (Å²) in [4.78, 5) is 4.13. The van der Waals surface area contributed by atoms with Gasteiger partial charge >= 0.3 is 0 Å². The second-order valence-corrected chi connectivity index (χ2v) is 7.26. The average Bonchev–Trinajstić information content (AvgIpc) is 2.99. The lowest BCUT2D eigenvalue weighted by atomic mass is 9.98. The van der Waals surface area contributed by atoms with E-state index in [1.165, 1.54) is 0 Å². The molecule has 1 aromatic heterocycles. The highest BCUT2D eigenvalue weighted by Gasteiger charge is 2.41. The third kappa shape index (κ3) is 3.11. The number of nitrogens with zero attached hydrogens (tertiary/aromatic N) is 2. The van der Waals surface area contributed by atoms with Crippen molar-refractivity contribution >= 4 is 15.9 Å². The standard InChI is InChI=1S/C13H23N5O2S/c1-3-8-18-9-11(16-10(18)2)21(19,20)17-13(12(14)15)6-4-5-7-13/h9,17H,3-8H2,1-2H3,(H3,14,15). The number of imidazole rings is 1. The fraction of sp³-hybridized carbons (Fsp3) is 0.692. The van der Waals surface area contributed by atoms with E-state index in [1.807, 2.05) is 11.5 Å². The summed E-state index contributed by atoms with van der Waals surface area (Å²) in [6.45, 7) is 4.53. The zero-order valence-electron chi connectivity index (χ0n) is 12.5. The van der Waals surface area contributed by atoms with Crippen LogP contribution in [0.2, 0.25) is 0 Å². The van der Waals surface area contributed by atoms with Gasteiger partial charge in [0.15, 0.2) is 5.03 Å². The minimum atomic E-state index is -3.77. The molecule has 1 aliphatic carbocycles. The SMILES string of the molecule is CCCn1cc(S(=O)(=O)NC2(C(=N)N)CCCC2)nc1C. The van der Waals surface area contributed by atoms with Crippen molar-refractivity contribution in [3.63, 3.8) is 0 Å². The molecule has 0 atom stereocenters.